The number of carbonyl (C=O) groups excluding carboxylic acids is 2. The van der Waals surface area contributed by atoms with Gasteiger partial charge in [-0.05, 0) is 57.6 Å². The Labute approximate surface area is 176 Å². The Kier molecular flexibility index (Phi) is 6.43. The number of likely N-dealkylation sites (tertiary alicyclic amines) is 2. The second kappa shape index (κ2) is 9.20. The molecule has 2 amide bonds. The summed E-state index contributed by atoms with van der Waals surface area (Å²) in [7, 11) is 0. The van der Waals surface area contributed by atoms with Crippen LogP contribution in [0.4, 0.5) is 0 Å². The first-order valence-electron chi connectivity index (χ1n) is 10.8. The molecule has 2 fully saturated rings. The van der Waals surface area contributed by atoms with Gasteiger partial charge in [0.25, 0.3) is 0 Å². The Bertz CT molecular complexity index is 875. The van der Waals surface area contributed by atoms with Gasteiger partial charge in [0, 0.05) is 25.7 Å². The Morgan fingerprint density at radius 3 is 2.59 bits per heavy atom. The molecule has 7 heteroatoms. The van der Waals surface area contributed by atoms with Gasteiger partial charge in [-0.25, -0.2) is 4.98 Å². The smallest absolute Gasteiger partial charge is 0.242 e. The van der Waals surface area contributed by atoms with Crippen LogP contribution in [0.1, 0.15) is 45.4 Å². The summed E-state index contributed by atoms with van der Waals surface area (Å²) in [5.74, 6) is 0.680. The maximum atomic E-state index is 12.9. The molecule has 0 bridgehead atoms. The molecular formula is C22H30N4O2S. The molecule has 1 aromatic heterocycles. The number of para-hydroxylation sites is 2. The van der Waals surface area contributed by atoms with E-state index >= 15 is 0 Å². The number of aromatic nitrogens is 2. The third kappa shape index (κ3) is 4.60. The Balaban J connectivity index is 1.50. The summed E-state index contributed by atoms with van der Waals surface area (Å²) >= 11 is 1.46. The Morgan fingerprint density at radius 1 is 1.03 bits per heavy atom. The van der Waals surface area contributed by atoms with E-state index in [1.807, 2.05) is 38.6 Å². The van der Waals surface area contributed by atoms with Crippen LogP contribution in [0.25, 0.3) is 11.0 Å². The number of hydrogen-bond acceptors (Lipinski definition) is 4. The van der Waals surface area contributed by atoms with Gasteiger partial charge < -0.3 is 14.4 Å². The Morgan fingerprint density at radius 2 is 1.79 bits per heavy atom. The normalized spacial score (nSPS) is 20.2. The molecule has 0 saturated carbocycles. The van der Waals surface area contributed by atoms with Gasteiger partial charge in [0.05, 0.1) is 16.8 Å². The minimum Gasteiger partial charge on any atom is -0.341 e. The number of amides is 2. The molecule has 0 aliphatic carbocycles. The number of benzene rings is 1. The fourth-order valence-corrected chi connectivity index (χ4v) is 5.27. The van der Waals surface area contributed by atoms with Crippen molar-refractivity contribution in [2.75, 3.05) is 25.4 Å². The average Bonchev–Trinajstić information content (AvgIpc) is 3.10. The van der Waals surface area contributed by atoms with Crippen molar-refractivity contribution >= 4 is 34.6 Å². The highest BCUT2D eigenvalue weighted by Crippen LogP contribution is 2.26. The van der Waals surface area contributed by atoms with Crippen LogP contribution in [0.15, 0.2) is 29.4 Å². The molecule has 156 valence electrons. The van der Waals surface area contributed by atoms with Crippen LogP contribution in [0.5, 0.6) is 0 Å². The van der Waals surface area contributed by atoms with Gasteiger partial charge in [-0.15, -0.1) is 0 Å². The lowest BCUT2D eigenvalue weighted by Crippen LogP contribution is -2.43. The van der Waals surface area contributed by atoms with Gasteiger partial charge in [0.15, 0.2) is 5.16 Å². The predicted octanol–water partition coefficient (Wildman–Crippen LogP) is 3.54. The molecule has 0 radical (unpaired) electrons. The molecule has 2 aliphatic heterocycles. The first kappa shape index (κ1) is 20.3. The number of fused-ring (bicyclic) bond motifs is 1. The van der Waals surface area contributed by atoms with Gasteiger partial charge in [-0.3, -0.25) is 9.59 Å². The van der Waals surface area contributed by atoms with Gasteiger partial charge in [-0.1, -0.05) is 23.9 Å². The maximum absolute atomic E-state index is 12.9. The first-order chi connectivity index (χ1) is 14.1. The van der Waals surface area contributed by atoms with Crippen LogP contribution < -0.4 is 0 Å². The molecule has 0 spiro atoms. The molecule has 0 N–H and O–H groups in total. The summed E-state index contributed by atoms with van der Waals surface area (Å²) < 4.78 is 1.99. The second-order valence-corrected chi connectivity index (χ2v) is 9.07. The van der Waals surface area contributed by atoms with Crippen LogP contribution >= 0.6 is 11.8 Å². The van der Waals surface area contributed by atoms with E-state index in [2.05, 4.69) is 6.92 Å². The second-order valence-electron chi connectivity index (χ2n) is 8.13. The summed E-state index contributed by atoms with van der Waals surface area (Å²) in [5.41, 5.74) is 1.83. The number of imidazole rings is 1. The molecular weight excluding hydrogens is 384 g/mol. The van der Waals surface area contributed by atoms with Crippen molar-refractivity contribution in [3.8, 4) is 0 Å². The Hall–Kier alpha value is -2.02. The van der Waals surface area contributed by atoms with E-state index in [1.165, 1.54) is 24.6 Å². The lowest BCUT2D eigenvalue weighted by Gasteiger charge is -2.33. The topological polar surface area (TPSA) is 58.4 Å². The van der Waals surface area contributed by atoms with Crippen LogP contribution in [0.3, 0.4) is 0 Å². The van der Waals surface area contributed by atoms with Crippen molar-refractivity contribution in [2.24, 2.45) is 0 Å². The van der Waals surface area contributed by atoms with E-state index in [-0.39, 0.29) is 18.4 Å². The third-order valence-corrected chi connectivity index (χ3v) is 7.03. The maximum Gasteiger partial charge on any atom is 0.242 e. The zero-order chi connectivity index (χ0) is 20.2. The van der Waals surface area contributed by atoms with E-state index in [9.17, 15) is 9.59 Å². The van der Waals surface area contributed by atoms with E-state index in [1.54, 1.807) is 0 Å². The molecule has 29 heavy (non-hydrogen) atoms. The fourth-order valence-electron chi connectivity index (χ4n) is 4.37. The lowest BCUT2D eigenvalue weighted by molar-refractivity contribution is -0.133. The van der Waals surface area contributed by atoms with Gasteiger partial charge in [0.2, 0.25) is 11.8 Å². The van der Waals surface area contributed by atoms with Crippen molar-refractivity contribution in [3.05, 3.63) is 24.3 Å². The standard InChI is InChI=1S/C22H30N4O2S/c1-17-9-5-8-14-25(17)21(28)16-29-22-23-18-10-3-4-11-19(18)26(22)15-20(27)24-12-6-2-7-13-24/h3-4,10-11,17H,2,5-9,12-16H2,1H3/t17-/m1/s1. The minimum absolute atomic E-state index is 0.144. The predicted molar refractivity (Wildman–Crippen MR) is 116 cm³/mol. The van der Waals surface area contributed by atoms with Crippen LogP contribution in [0, 0.1) is 0 Å². The molecule has 2 aromatic rings. The zero-order valence-electron chi connectivity index (χ0n) is 17.2. The minimum atomic E-state index is 0.144. The van der Waals surface area contributed by atoms with Gasteiger partial charge >= 0.3 is 0 Å². The van der Waals surface area contributed by atoms with E-state index in [0.717, 1.165) is 61.5 Å². The SMILES string of the molecule is C[C@@H]1CCCCN1C(=O)CSc1nc2ccccc2n1CC(=O)N1CCCCC1. The average molecular weight is 415 g/mol. The lowest BCUT2D eigenvalue weighted by atomic mass is 10.0. The summed E-state index contributed by atoms with van der Waals surface area (Å²) in [6, 6.07) is 8.22. The monoisotopic (exact) mass is 414 g/mol. The van der Waals surface area contributed by atoms with Crippen molar-refractivity contribution in [1.82, 2.24) is 19.4 Å². The van der Waals surface area contributed by atoms with E-state index < -0.39 is 0 Å². The molecule has 2 saturated heterocycles. The number of hydrogen-bond donors (Lipinski definition) is 0. The highest BCUT2D eigenvalue weighted by atomic mass is 32.2. The molecule has 2 aliphatic rings. The number of thioether (sulfide) groups is 1. The highest BCUT2D eigenvalue weighted by molar-refractivity contribution is 7.99. The number of nitrogens with zero attached hydrogens (tertiary/aromatic N) is 4. The zero-order valence-corrected chi connectivity index (χ0v) is 18.0. The first-order valence-corrected chi connectivity index (χ1v) is 11.8. The van der Waals surface area contributed by atoms with Crippen molar-refractivity contribution < 1.29 is 9.59 Å². The number of carbonyl (C=O) groups is 2. The van der Waals surface area contributed by atoms with Gasteiger partial charge in [-0.2, -0.15) is 0 Å². The molecule has 6 nitrogen and oxygen atoms in total. The summed E-state index contributed by atoms with van der Waals surface area (Å²) in [6.07, 6.45) is 6.74. The van der Waals surface area contributed by atoms with Crippen molar-refractivity contribution in [3.63, 3.8) is 0 Å². The summed E-state index contributed by atoms with van der Waals surface area (Å²) in [5, 5.41) is 0.759. The molecule has 1 atom stereocenters. The van der Waals surface area contributed by atoms with Crippen molar-refractivity contribution in [2.45, 2.75) is 63.2 Å². The van der Waals surface area contributed by atoms with Crippen molar-refractivity contribution in [1.29, 1.82) is 0 Å². The fraction of sp³-hybridized carbons (Fsp3) is 0.591. The summed E-state index contributed by atoms with van der Waals surface area (Å²) in [4.78, 5) is 34.4. The number of rotatable bonds is 5. The van der Waals surface area contributed by atoms with E-state index in [4.69, 9.17) is 4.98 Å². The third-order valence-electron chi connectivity index (χ3n) is 6.07. The largest absolute Gasteiger partial charge is 0.341 e. The highest BCUT2D eigenvalue weighted by Gasteiger charge is 2.25. The quantitative estimate of drug-likeness (QED) is 0.702. The van der Waals surface area contributed by atoms with Crippen LogP contribution in [-0.2, 0) is 16.1 Å². The molecule has 4 rings (SSSR count). The number of piperidine rings is 2. The summed E-state index contributed by atoms with van der Waals surface area (Å²) in [6.45, 7) is 4.97. The van der Waals surface area contributed by atoms with Crippen LogP contribution in [0.2, 0.25) is 0 Å². The van der Waals surface area contributed by atoms with Gasteiger partial charge in [0.1, 0.15) is 6.54 Å². The molecule has 1 aromatic carbocycles. The molecule has 3 heterocycles. The molecule has 0 unspecified atom stereocenters. The van der Waals surface area contributed by atoms with E-state index in [0.29, 0.717) is 11.8 Å². The van der Waals surface area contributed by atoms with Crippen LogP contribution in [-0.4, -0.2) is 62.6 Å².